The second-order valence-corrected chi connectivity index (χ2v) is 6.66. The number of rotatable bonds is 2. The van der Waals surface area contributed by atoms with E-state index in [4.69, 9.17) is 0 Å². The van der Waals surface area contributed by atoms with Crippen molar-refractivity contribution in [3.8, 4) is 0 Å². The lowest BCUT2D eigenvalue weighted by molar-refractivity contribution is -0.125. The molecule has 102 valence electrons. The topological polar surface area (TPSA) is 20.3 Å². The third-order valence-corrected chi connectivity index (χ3v) is 5.49. The van der Waals surface area contributed by atoms with Gasteiger partial charge in [-0.15, -0.1) is 0 Å². The molecule has 0 N–H and O–H groups in total. The van der Waals surface area contributed by atoms with Crippen LogP contribution in [0.5, 0.6) is 0 Å². The quantitative estimate of drug-likeness (QED) is 0.747. The van der Waals surface area contributed by atoms with Crippen LogP contribution in [-0.2, 0) is 4.79 Å². The van der Waals surface area contributed by atoms with Crippen molar-refractivity contribution < 1.29 is 4.79 Å². The van der Waals surface area contributed by atoms with Crippen molar-refractivity contribution in [2.45, 2.75) is 70.3 Å². The van der Waals surface area contributed by atoms with E-state index in [9.17, 15) is 4.79 Å². The van der Waals surface area contributed by atoms with Crippen LogP contribution in [-0.4, -0.2) is 29.8 Å². The van der Waals surface area contributed by atoms with E-state index in [0.29, 0.717) is 11.7 Å². The minimum atomic E-state index is 0.374. The highest BCUT2D eigenvalue weighted by molar-refractivity contribution is 5.81. The molecule has 0 bridgehead atoms. The van der Waals surface area contributed by atoms with Gasteiger partial charge in [0.25, 0.3) is 0 Å². The molecule has 3 rings (SSSR count). The Labute approximate surface area is 111 Å². The summed E-state index contributed by atoms with van der Waals surface area (Å²) in [5.41, 5.74) is 0. The van der Waals surface area contributed by atoms with Crippen LogP contribution in [0.15, 0.2) is 0 Å². The molecule has 1 heterocycles. The van der Waals surface area contributed by atoms with Crippen molar-refractivity contribution in [3.05, 3.63) is 0 Å². The van der Waals surface area contributed by atoms with Gasteiger partial charge in [-0.05, 0) is 51.0 Å². The fraction of sp³-hybridized carbons (Fsp3) is 0.938. The number of carbonyl (C=O) groups excluding carboxylic acids is 1. The molecule has 3 atom stereocenters. The Morgan fingerprint density at radius 2 is 1.72 bits per heavy atom. The Bertz CT molecular complexity index is 299. The molecule has 1 aliphatic heterocycles. The molecule has 0 aromatic heterocycles. The lowest BCUT2D eigenvalue weighted by atomic mass is 9.77. The minimum Gasteiger partial charge on any atom is -0.299 e. The Morgan fingerprint density at radius 3 is 2.61 bits per heavy atom. The zero-order valence-electron chi connectivity index (χ0n) is 11.6. The zero-order chi connectivity index (χ0) is 12.4. The van der Waals surface area contributed by atoms with Crippen LogP contribution in [0, 0.1) is 11.8 Å². The number of Topliss-reactive ketones (excluding diaryl/α,β-unsaturated/α-hetero) is 1. The van der Waals surface area contributed by atoms with Crippen LogP contribution in [0.3, 0.4) is 0 Å². The van der Waals surface area contributed by atoms with Gasteiger partial charge in [0.1, 0.15) is 5.78 Å². The Morgan fingerprint density at radius 1 is 0.944 bits per heavy atom. The molecule has 0 amide bonds. The molecule has 2 saturated carbocycles. The summed E-state index contributed by atoms with van der Waals surface area (Å²) in [4.78, 5) is 14.7. The second kappa shape index (κ2) is 5.73. The lowest BCUT2D eigenvalue weighted by Crippen LogP contribution is -2.49. The van der Waals surface area contributed by atoms with Crippen molar-refractivity contribution in [2.75, 3.05) is 13.1 Å². The van der Waals surface area contributed by atoms with Gasteiger partial charge < -0.3 is 0 Å². The van der Waals surface area contributed by atoms with Gasteiger partial charge in [-0.2, -0.15) is 0 Å². The molecule has 18 heavy (non-hydrogen) atoms. The fourth-order valence-electron chi connectivity index (χ4n) is 4.49. The first-order valence-corrected chi connectivity index (χ1v) is 8.11. The fourth-order valence-corrected chi connectivity index (χ4v) is 4.49. The average molecular weight is 249 g/mol. The van der Waals surface area contributed by atoms with Gasteiger partial charge >= 0.3 is 0 Å². The van der Waals surface area contributed by atoms with Crippen LogP contribution in [0.4, 0.5) is 0 Å². The summed E-state index contributed by atoms with van der Waals surface area (Å²) in [5, 5.41) is 0. The van der Waals surface area contributed by atoms with Crippen LogP contribution < -0.4 is 0 Å². The molecular formula is C16H27NO. The molecule has 2 nitrogen and oxygen atoms in total. The molecule has 2 heteroatoms. The van der Waals surface area contributed by atoms with Gasteiger partial charge in [0.15, 0.2) is 0 Å². The van der Waals surface area contributed by atoms with Crippen molar-refractivity contribution in [2.24, 2.45) is 11.8 Å². The SMILES string of the molecule is O=C1CCCCC1CN1CCC[C@H]2CCCC[C@H]21. The van der Waals surface area contributed by atoms with Gasteiger partial charge in [0.2, 0.25) is 0 Å². The predicted molar refractivity (Wildman–Crippen MR) is 73.5 cm³/mol. The number of hydrogen-bond acceptors (Lipinski definition) is 2. The highest BCUT2D eigenvalue weighted by Gasteiger charge is 2.35. The first-order valence-electron chi connectivity index (χ1n) is 8.11. The van der Waals surface area contributed by atoms with E-state index in [-0.39, 0.29) is 0 Å². The van der Waals surface area contributed by atoms with E-state index in [1.54, 1.807) is 0 Å². The first-order chi connectivity index (χ1) is 8.84. The second-order valence-electron chi connectivity index (χ2n) is 6.66. The summed E-state index contributed by atoms with van der Waals surface area (Å²) in [6.45, 7) is 2.34. The van der Waals surface area contributed by atoms with Crippen LogP contribution in [0.1, 0.15) is 64.2 Å². The summed E-state index contributed by atoms with van der Waals surface area (Å²) >= 11 is 0. The molecule has 1 saturated heterocycles. The molecule has 2 aliphatic carbocycles. The molecule has 3 fully saturated rings. The number of fused-ring (bicyclic) bond motifs is 1. The third-order valence-electron chi connectivity index (χ3n) is 5.49. The molecule has 1 unspecified atom stereocenters. The molecular weight excluding hydrogens is 222 g/mol. The van der Waals surface area contributed by atoms with Gasteiger partial charge in [-0.1, -0.05) is 19.3 Å². The minimum absolute atomic E-state index is 0.374. The van der Waals surface area contributed by atoms with Gasteiger partial charge in [-0.3, -0.25) is 9.69 Å². The number of likely N-dealkylation sites (tertiary alicyclic amines) is 1. The molecule has 0 aromatic rings. The number of carbonyl (C=O) groups is 1. The number of piperidine rings is 1. The Kier molecular flexibility index (Phi) is 4.03. The lowest BCUT2D eigenvalue weighted by Gasteiger charge is -2.45. The highest BCUT2D eigenvalue weighted by atomic mass is 16.1. The van der Waals surface area contributed by atoms with Gasteiger partial charge in [0.05, 0.1) is 0 Å². The first kappa shape index (κ1) is 12.7. The Hall–Kier alpha value is -0.370. The predicted octanol–water partition coefficient (Wildman–Crippen LogP) is 3.40. The van der Waals surface area contributed by atoms with Crippen LogP contribution in [0.2, 0.25) is 0 Å². The van der Waals surface area contributed by atoms with Crippen molar-refractivity contribution >= 4 is 5.78 Å². The summed E-state index contributed by atoms with van der Waals surface area (Å²) in [6, 6.07) is 0.822. The maximum absolute atomic E-state index is 12.0. The van der Waals surface area contributed by atoms with Crippen molar-refractivity contribution in [1.82, 2.24) is 4.90 Å². The number of ketones is 1. The van der Waals surface area contributed by atoms with E-state index in [1.165, 1.54) is 51.5 Å². The van der Waals surface area contributed by atoms with Crippen molar-refractivity contribution in [3.63, 3.8) is 0 Å². The van der Waals surface area contributed by atoms with E-state index in [1.807, 2.05) is 0 Å². The molecule has 0 aromatic carbocycles. The maximum atomic E-state index is 12.0. The average Bonchev–Trinajstić information content (AvgIpc) is 2.42. The molecule has 0 spiro atoms. The monoisotopic (exact) mass is 249 g/mol. The summed E-state index contributed by atoms with van der Waals surface area (Å²) in [6.07, 6.45) is 12.9. The van der Waals surface area contributed by atoms with Gasteiger partial charge in [-0.25, -0.2) is 0 Å². The maximum Gasteiger partial charge on any atom is 0.137 e. The van der Waals surface area contributed by atoms with Crippen LogP contribution in [0.25, 0.3) is 0 Å². The normalized spacial score (nSPS) is 38.4. The van der Waals surface area contributed by atoms with Crippen LogP contribution >= 0.6 is 0 Å². The largest absolute Gasteiger partial charge is 0.299 e. The van der Waals surface area contributed by atoms with E-state index >= 15 is 0 Å². The summed E-state index contributed by atoms with van der Waals surface area (Å²) in [5.74, 6) is 1.88. The number of hydrogen-bond donors (Lipinski definition) is 0. The van der Waals surface area contributed by atoms with E-state index < -0.39 is 0 Å². The Balaban J connectivity index is 1.61. The highest BCUT2D eigenvalue weighted by Crippen LogP contribution is 2.36. The van der Waals surface area contributed by atoms with Crippen molar-refractivity contribution in [1.29, 1.82) is 0 Å². The molecule has 0 radical (unpaired) electrons. The zero-order valence-corrected chi connectivity index (χ0v) is 11.6. The number of nitrogens with zero attached hydrogens (tertiary/aromatic N) is 1. The van der Waals surface area contributed by atoms with E-state index in [0.717, 1.165) is 37.8 Å². The van der Waals surface area contributed by atoms with Gasteiger partial charge in [0, 0.05) is 24.9 Å². The summed E-state index contributed by atoms with van der Waals surface area (Å²) < 4.78 is 0. The molecule has 3 aliphatic rings. The third kappa shape index (κ3) is 2.64. The summed E-state index contributed by atoms with van der Waals surface area (Å²) in [7, 11) is 0. The smallest absolute Gasteiger partial charge is 0.137 e. The van der Waals surface area contributed by atoms with E-state index in [2.05, 4.69) is 4.90 Å². The standard InChI is InChI=1S/C16H27NO/c18-16-10-4-2-7-14(16)12-17-11-5-8-13-6-1-3-9-15(13)17/h13-15H,1-12H2/t13-,14?,15-/m1/s1.